The second kappa shape index (κ2) is 10.6. The Morgan fingerprint density at radius 1 is 1.27 bits per heavy atom. The lowest BCUT2D eigenvalue weighted by atomic mass is 9.93. The molecule has 0 spiro atoms. The standard InChI is InChI=1S/C19H27FN4O2/c20-18(13-21)19(23)24-15-6-8-16(9-7-15)25-10-1-2-11-26-17-5-3-4-14(22)12-17/h1-5,12-13,15-16,18,21H,6-11,22H2,(H2,23,24). The number of nitrogens with two attached hydrogens (primary N) is 2. The predicted octanol–water partition coefficient (Wildman–Crippen LogP) is 2.88. The Bertz CT molecular complexity index is 628. The lowest BCUT2D eigenvalue weighted by molar-refractivity contribution is 0.0428. The summed E-state index contributed by atoms with van der Waals surface area (Å²) in [7, 11) is 0. The monoisotopic (exact) mass is 362 g/mol. The molecule has 1 unspecified atom stereocenters. The van der Waals surface area contributed by atoms with E-state index in [1.54, 1.807) is 6.07 Å². The van der Waals surface area contributed by atoms with Crippen molar-refractivity contribution in [2.75, 3.05) is 18.9 Å². The zero-order valence-electron chi connectivity index (χ0n) is 14.8. The van der Waals surface area contributed by atoms with Gasteiger partial charge in [0.25, 0.3) is 0 Å². The van der Waals surface area contributed by atoms with Gasteiger partial charge in [0.15, 0.2) is 6.17 Å². The van der Waals surface area contributed by atoms with Gasteiger partial charge in [0.2, 0.25) is 0 Å². The summed E-state index contributed by atoms with van der Waals surface area (Å²) >= 11 is 0. The van der Waals surface area contributed by atoms with E-state index in [1.165, 1.54) is 0 Å². The van der Waals surface area contributed by atoms with Crippen molar-refractivity contribution in [3.63, 3.8) is 0 Å². The third-order valence-corrected chi connectivity index (χ3v) is 4.20. The molecule has 0 bridgehead atoms. The largest absolute Gasteiger partial charge is 0.489 e. The summed E-state index contributed by atoms with van der Waals surface area (Å²) in [5.41, 5.74) is 11.9. The SMILES string of the molecule is N=CC(F)C(N)=NC1CCC(OCC=CCOc2cccc(N)c2)CC1. The molecular weight excluding hydrogens is 335 g/mol. The molecule has 142 valence electrons. The first kappa shape index (κ1) is 19.9. The van der Waals surface area contributed by atoms with Crippen LogP contribution in [0.1, 0.15) is 25.7 Å². The van der Waals surface area contributed by atoms with Gasteiger partial charge in [-0.15, -0.1) is 0 Å². The highest BCUT2D eigenvalue weighted by molar-refractivity contribution is 5.98. The van der Waals surface area contributed by atoms with Crippen molar-refractivity contribution in [2.45, 2.75) is 44.0 Å². The first-order valence-corrected chi connectivity index (χ1v) is 8.81. The third kappa shape index (κ3) is 6.84. The van der Waals surface area contributed by atoms with Gasteiger partial charge in [-0.2, -0.15) is 0 Å². The Morgan fingerprint density at radius 2 is 2.00 bits per heavy atom. The first-order valence-electron chi connectivity index (χ1n) is 8.81. The van der Waals surface area contributed by atoms with E-state index >= 15 is 0 Å². The summed E-state index contributed by atoms with van der Waals surface area (Å²) in [6, 6.07) is 7.33. The minimum Gasteiger partial charge on any atom is -0.489 e. The smallest absolute Gasteiger partial charge is 0.191 e. The van der Waals surface area contributed by atoms with Crippen LogP contribution in [0.4, 0.5) is 10.1 Å². The Hall–Kier alpha value is -2.41. The number of benzene rings is 1. The molecule has 0 aromatic heterocycles. The van der Waals surface area contributed by atoms with E-state index in [-0.39, 0.29) is 18.0 Å². The Morgan fingerprint density at radius 3 is 2.69 bits per heavy atom. The predicted molar refractivity (Wildman–Crippen MR) is 103 cm³/mol. The molecule has 0 radical (unpaired) electrons. The lowest BCUT2D eigenvalue weighted by Crippen LogP contribution is -2.30. The molecule has 0 aliphatic heterocycles. The van der Waals surface area contributed by atoms with Crippen LogP contribution in [0.25, 0.3) is 0 Å². The quantitative estimate of drug-likeness (QED) is 0.272. The molecular formula is C19H27FN4O2. The molecule has 7 heteroatoms. The Balaban J connectivity index is 1.60. The van der Waals surface area contributed by atoms with E-state index in [0.29, 0.717) is 25.1 Å². The summed E-state index contributed by atoms with van der Waals surface area (Å²) in [4.78, 5) is 4.17. The molecule has 1 aromatic rings. The molecule has 26 heavy (non-hydrogen) atoms. The minimum atomic E-state index is -1.58. The summed E-state index contributed by atoms with van der Waals surface area (Å²) in [6.45, 7) is 0.992. The Kier molecular flexibility index (Phi) is 8.08. The number of anilines is 1. The van der Waals surface area contributed by atoms with Gasteiger partial charge in [0.05, 0.1) is 18.8 Å². The third-order valence-electron chi connectivity index (χ3n) is 4.20. The number of alkyl halides is 1. The van der Waals surface area contributed by atoms with E-state index in [1.807, 2.05) is 30.4 Å². The molecule has 1 aliphatic carbocycles. The minimum absolute atomic E-state index is 0.0234. The van der Waals surface area contributed by atoms with E-state index in [0.717, 1.165) is 31.4 Å². The van der Waals surface area contributed by atoms with Crippen molar-refractivity contribution in [1.29, 1.82) is 5.41 Å². The zero-order chi connectivity index (χ0) is 18.8. The number of amidine groups is 1. The molecule has 1 saturated carbocycles. The molecule has 0 amide bonds. The molecule has 1 aromatic carbocycles. The van der Waals surface area contributed by atoms with Gasteiger partial charge in [0.1, 0.15) is 18.2 Å². The van der Waals surface area contributed by atoms with Gasteiger partial charge in [-0.25, -0.2) is 4.39 Å². The van der Waals surface area contributed by atoms with Gasteiger partial charge < -0.3 is 26.4 Å². The van der Waals surface area contributed by atoms with Crippen LogP contribution in [-0.2, 0) is 4.74 Å². The maximum Gasteiger partial charge on any atom is 0.191 e. The molecule has 0 heterocycles. The lowest BCUT2D eigenvalue weighted by Gasteiger charge is -2.26. The molecule has 2 rings (SSSR count). The maximum absolute atomic E-state index is 13.2. The number of halogens is 1. The average molecular weight is 362 g/mol. The van der Waals surface area contributed by atoms with Crippen molar-refractivity contribution >= 4 is 17.7 Å². The number of hydrogen-bond acceptors (Lipinski definition) is 5. The van der Waals surface area contributed by atoms with Crippen molar-refractivity contribution in [3.05, 3.63) is 36.4 Å². The highest BCUT2D eigenvalue weighted by Gasteiger charge is 2.22. The number of hydrogen-bond donors (Lipinski definition) is 3. The van der Waals surface area contributed by atoms with Crippen molar-refractivity contribution in [2.24, 2.45) is 10.7 Å². The van der Waals surface area contributed by atoms with E-state index in [9.17, 15) is 4.39 Å². The summed E-state index contributed by atoms with van der Waals surface area (Å²) in [5.74, 6) is 0.639. The van der Waals surface area contributed by atoms with Gasteiger partial charge >= 0.3 is 0 Å². The molecule has 1 aliphatic rings. The van der Waals surface area contributed by atoms with Crippen molar-refractivity contribution < 1.29 is 13.9 Å². The molecule has 1 atom stereocenters. The molecule has 6 nitrogen and oxygen atoms in total. The fourth-order valence-corrected chi connectivity index (χ4v) is 2.78. The fraction of sp³-hybridized carbons (Fsp3) is 0.474. The second-order valence-corrected chi connectivity index (χ2v) is 6.24. The van der Waals surface area contributed by atoms with Gasteiger partial charge in [0, 0.05) is 18.0 Å². The van der Waals surface area contributed by atoms with Crippen LogP contribution in [-0.4, -0.2) is 43.6 Å². The van der Waals surface area contributed by atoms with E-state index in [2.05, 4.69) is 4.99 Å². The summed E-state index contributed by atoms with van der Waals surface area (Å²) in [5, 5.41) is 6.87. The summed E-state index contributed by atoms with van der Waals surface area (Å²) in [6.07, 6.45) is 6.50. The zero-order valence-corrected chi connectivity index (χ0v) is 14.8. The van der Waals surface area contributed by atoms with Gasteiger partial charge in [-0.05, 0) is 43.9 Å². The second-order valence-electron chi connectivity index (χ2n) is 6.24. The number of rotatable bonds is 9. The van der Waals surface area contributed by atoms with Crippen LogP contribution in [0.15, 0.2) is 41.4 Å². The van der Waals surface area contributed by atoms with E-state index < -0.39 is 6.17 Å². The van der Waals surface area contributed by atoms with Gasteiger partial charge in [-0.1, -0.05) is 12.1 Å². The van der Waals surface area contributed by atoms with Crippen LogP contribution in [0.2, 0.25) is 0 Å². The molecule has 5 N–H and O–H groups in total. The maximum atomic E-state index is 13.2. The molecule has 1 fully saturated rings. The number of aliphatic imine (C=N–C) groups is 1. The highest BCUT2D eigenvalue weighted by Crippen LogP contribution is 2.23. The normalized spacial score (nSPS) is 22.3. The van der Waals surface area contributed by atoms with Crippen LogP contribution in [0.3, 0.4) is 0 Å². The van der Waals surface area contributed by atoms with Crippen LogP contribution < -0.4 is 16.2 Å². The van der Waals surface area contributed by atoms with Gasteiger partial charge in [-0.3, -0.25) is 4.99 Å². The number of nitrogens with zero attached hydrogens (tertiary/aromatic N) is 1. The topological polar surface area (TPSA) is 107 Å². The van der Waals surface area contributed by atoms with Crippen LogP contribution in [0.5, 0.6) is 5.75 Å². The van der Waals surface area contributed by atoms with Crippen molar-refractivity contribution in [1.82, 2.24) is 0 Å². The van der Waals surface area contributed by atoms with Crippen LogP contribution in [0, 0.1) is 5.41 Å². The van der Waals surface area contributed by atoms with Crippen molar-refractivity contribution in [3.8, 4) is 5.75 Å². The first-order chi connectivity index (χ1) is 12.6. The van der Waals surface area contributed by atoms with Crippen LogP contribution >= 0.6 is 0 Å². The average Bonchev–Trinajstić information content (AvgIpc) is 2.65. The van der Waals surface area contributed by atoms with E-state index in [4.69, 9.17) is 26.4 Å². The summed E-state index contributed by atoms with van der Waals surface area (Å²) < 4.78 is 24.6. The molecule has 0 saturated heterocycles. The fourth-order valence-electron chi connectivity index (χ4n) is 2.78. The number of ether oxygens (including phenoxy) is 2. The highest BCUT2D eigenvalue weighted by atomic mass is 19.1. The number of nitrogens with one attached hydrogen (secondary N) is 1. The number of nitrogen functional groups attached to an aromatic ring is 1. The Labute approximate surface area is 153 Å².